The zero-order valence-electron chi connectivity index (χ0n) is 12.4. The molecule has 2 N–H and O–H groups in total. The van der Waals surface area contributed by atoms with E-state index >= 15 is 0 Å². The molecule has 0 saturated carbocycles. The lowest BCUT2D eigenvalue weighted by atomic mass is 10.1. The fourth-order valence-corrected chi connectivity index (χ4v) is 2.48. The summed E-state index contributed by atoms with van der Waals surface area (Å²) >= 11 is 12.4. The maximum absolute atomic E-state index is 6.23. The second kappa shape index (κ2) is 7.01. The zero-order valence-corrected chi connectivity index (χ0v) is 13.9. The lowest BCUT2D eigenvalue weighted by molar-refractivity contribution is 0.970. The van der Waals surface area contributed by atoms with Gasteiger partial charge in [0.25, 0.3) is 0 Å². The fraction of sp³-hybridized carbons (Fsp3) is 0.312. The molecular weight excluding hydrogens is 305 g/mol. The molecule has 0 aliphatic rings. The van der Waals surface area contributed by atoms with Crippen molar-refractivity contribution < 1.29 is 0 Å². The smallest absolute Gasteiger partial charge is 0.151 e. The summed E-state index contributed by atoms with van der Waals surface area (Å²) in [5, 5.41) is 7.50. The number of hydrogen-bond acceptors (Lipinski definition) is 3. The van der Waals surface area contributed by atoms with Crippen LogP contribution >= 0.6 is 23.2 Å². The normalized spacial score (nSPS) is 10.5. The van der Waals surface area contributed by atoms with Gasteiger partial charge >= 0.3 is 0 Å². The van der Waals surface area contributed by atoms with Crippen LogP contribution in [0.5, 0.6) is 0 Å². The molecule has 1 aromatic carbocycles. The van der Waals surface area contributed by atoms with Gasteiger partial charge in [-0.1, -0.05) is 47.8 Å². The van der Waals surface area contributed by atoms with Crippen molar-refractivity contribution in [1.82, 2.24) is 4.98 Å². The summed E-state index contributed by atoms with van der Waals surface area (Å²) in [4.78, 5) is 4.48. The molecule has 0 aliphatic heterocycles. The quantitative estimate of drug-likeness (QED) is 0.755. The maximum atomic E-state index is 6.23. The molecule has 2 rings (SSSR count). The van der Waals surface area contributed by atoms with E-state index in [1.165, 1.54) is 5.56 Å². The summed E-state index contributed by atoms with van der Waals surface area (Å²) in [6.45, 7) is 7.02. The van der Waals surface area contributed by atoms with E-state index < -0.39 is 0 Å². The number of rotatable bonds is 5. The molecule has 2 aromatic rings. The first-order valence-corrected chi connectivity index (χ1v) is 7.71. The number of aryl methyl sites for hydroxylation is 2. The lowest BCUT2D eigenvalue weighted by Crippen LogP contribution is -2.05. The first kappa shape index (κ1) is 15.9. The third-order valence-corrected chi connectivity index (χ3v) is 3.68. The van der Waals surface area contributed by atoms with Gasteiger partial charge in [-0.3, -0.25) is 0 Å². The summed E-state index contributed by atoms with van der Waals surface area (Å²) in [7, 11) is 0. The van der Waals surface area contributed by atoms with Crippen molar-refractivity contribution in [1.29, 1.82) is 0 Å². The highest BCUT2D eigenvalue weighted by Crippen LogP contribution is 2.31. The monoisotopic (exact) mass is 323 g/mol. The Morgan fingerprint density at radius 2 is 1.76 bits per heavy atom. The van der Waals surface area contributed by atoms with Gasteiger partial charge in [-0.05, 0) is 38.0 Å². The molecule has 0 fully saturated rings. The van der Waals surface area contributed by atoms with Crippen molar-refractivity contribution in [3.63, 3.8) is 0 Å². The predicted molar refractivity (Wildman–Crippen MR) is 92.2 cm³/mol. The summed E-state index contributed by atoms with van der Waals surface area (Å²) in [5.41, 5.74) is 3.35. The Bertz CT molecular complexity index is 642. The molecule has 0 aliphatic carbocycles. The van der Waals surface area contributed by atoms with Crippen LogP contribution in [0.25, 0.3) is 0 Å². The molecule has 0 amide bonds. The second-order valence-corrected chi connectivity index (χ2v) is 5.83. The molecule has 21 heavy (non-hydrogen) atoms. The molecule has 0 radical (unpaired) electrons. The zero-order chi connectivity index (χ0) is 15.4. The standard InChI is InChI=1S/C16H19Cl2N3/c1-4-7-19-15-12(17)9-13(18)16(21-15)20-14-6-5-10(2)8-11(14)3/h5-6,8-9H,4,7H2,1-3H3,(H2,19,20,21). The average molecular weight is 324 g/mol. The van der Waals surface area contributed by atoms with Crippen molar-refractivity contribution >= 4 is 40.5 Å². The number of nitrogens with zero attached hydrogens (tertiary/aromatic N) is 1. The molecule has 3 nitrogen and oxygen atoms in total. The van der Waals surface area contributed by atoms with E-state index in [4.69, 9.17) is 23.2 Å². The van der Waals surface area contributed by atoms with Gasteiger partial charge in [0.1, 0.15) is 5.82 Å². The van der Waals surface area contributed by atoms with Crippen molar-refractivity contribution in [2.75, 3.05) is 17.2 Å². The van der Waals surface area contributed by atoms with E-state index in [9.17, 15) is 0 Å². The summed E-state index contributed by atoms with van der Waals surface area (Å²) in [6, 6.07) is 7.90. The number of anilines is 3. The minimum Gasteiger partial charge on any atom is -0.369 e. The predicted octanol–water partition coefficient (Wildman–Crippen LogP) is 5.57. The maximum Gasteiger partial charge on any atom is 0.151 e. The van der Waals surface area contributed by atoms with Crippen molar-refractivity contribution in [3.05, 3.63) is 45.4 Å². The molecule has 0 unspecified atom stereocenters. The largest absolute Gasteiger partial charge is 0.369 e. The first-order chi connectivity index (χ1) is 10.0. The molecule has 0 atom stereocenters. The van der Waals surface area contributed by atoms with Crippen molar-refractivity contribution in [2.45, 2.75) is 27.2 Å². The van der Waals surface area contributed by atoms with Crippen LogP contribution in [0.15, 0.2) is 24.3 Å². The number of pyridine rings is 1. The minimum absolute atomic E-state index is 0.502. The molecule has 1 heterocycles. The SMILES string of the molecule is CCCNc1nc(Nc2ccc(C)cc2C)c(Cl)cc1Cl. The Morgan fingerprint density at radius 1 is 1.05 bits per heavy atom. The minimum atomic E-state index is 0.502. The molecule has 5 heteroatoms. The van der Waals surface area contributed by atoms with Gasteiger partial charge in [0, 0.05) is 12.2 Å². The van der Waals surface area contributed by atoms with Gasteiger partial charge in [0.15, 0.2) is 5.82 Å². The highest BCUT2D eigenvalue weighted by molar-refractivity contribution is 6.37. The molecule has 0 bridgehead atoms. The van der Waals surface area contributed by atoms with Gasteiger partial charge in [0.05, 0.1) is 10.0 Å². The van der Waals surface area contributed by atoms with E-state index in [0.29, 0.717) is 21.7 Å². The summed E-state index contributed by atoms with van der Waals surface area (Å²) in [6.07, 6.45) is 1.00. The van der Waals surface area contributed by atoms with Gasteiger partial charge in [-0.25, -0.2) is 4.98 Å². The van der Waals surface area contributed by atoms with Crippen LogP contribution in [0.2, 0.25) is 10.0 Å². The molecule has 0 spiro atoms. The van der Waals surface area contributed by atoms with Crippen LogP contribution in [0.4, 0.5) is 17.3 Å². The Balaban J connectivity index is 2.30. The van der Waals surface area contributed by atoms with E-state index in [1.54, 1.807) is 6.07 Å². The van der Waals surface area contributed by atoms with Crippen LogP contribution < -0.4 is 10.6 Å². The van der Waals surface area contributed by atoms with E-state index in [1.807, 2.05) is 6.07 Å². The van der Waals surface area contributed by atoms with Crippen LogP contribution in [-0.2, 0) is 0 Å². The molecule has 0 saturated heterocycles. The number of benzene rings is 1. The van der Waals surface area contributed by atoms with E-state index in [0.717, 1.165) is 24.2 Å². The third kappa shape index (κ3) is 4.02. The first-order valence-electron chi connectivity index (χ1n) is 6.95. The fourth-order valence-electron chi connectivity index (χ4n) is 2.00. The van der Waals surface area contributed by atoms with Crippen LogP contribution in [0.3, 0.4) is 0 Å². The van der Waals surface area contributed by atoms with Gasteiger partial charge in [-0.2, -0.15) is 0 Å². The third-order valence-electron chi connectivity index (χ3n) is 3.11. The highest BCUT2D eigenvalue weighted by atomic mass is 35.5. The average Bonchev–Trinajstić information content (AvgIpc) is 2.43. The number of aromatic nitrogens is 1. The highest BCUT2D eigenvalue weighted by Gasteiger charge is 2.10. The van der Waals surface area contributed by atoms with E-state index in [2.05, 4.69) is 48.5 Å². The van der Waals surface area contributed by atoms with Crippen LogP contribution in [0.1, 0.15) is 24.5 Å². The second-order valence-electron chi connectivity index (χ2n) is 5.02. The molecular formula is C16H19Cl2N3. The summed E-state index contributed by atoms with van der Waals surface area (Å²) in [5.74, 6) is 1.25. The Hall–Kier alpha value is -1.45. The number of nitrogens with one attached hydrogen (secondary N) is 2. The van der Waals surface area contributed by atoms with Crippen molar-refractivity contribution in [2.24, 2.45) is 0 Å². The van der Waals surface area contributed by atoms with Gasteiger partial charge < -0.3 is 10.6 Å². The topological polar surface area (TPSA) is 37.0 Å². The van der Waals surface area contributed by atoms with Crippen LogP contribution in [0, 0.1) is 13.8 Å². The Morgan fingerprint density at radius 3 is 2.43 bits per heavy atom. The lowest BCUT2D eigenvalue weighted by Gasteiger charge is -2.14. The molecule has 112 valence electrons. The van der Waals surface area contributed by atoms with Crippen molar-refractivity contribution in [3.8, 4) is 0 Å². The van der Waals surface area contributed by atoms with E-state index in [-0.39, 0.29) is 0 Å². The number of halogens is 2. The Labute approximate surface area is 135 Å². The molecule has 1 aromatic heterocycles. The van der Waals surface area contributed by atoms with Gasteiger partial charge in [-0.15, -0.1) is 0 Å². The number of hydrogen-bond donors (Lipinski definition) is 2. The Kier molecular flexibility index (Phi) is 5.32. The van der Waals surface area contributed by atoms with Gasteiger partial charge in [0.2, 0.25) is 0 Å². The van der Waals surface area contributed by atoms with Crippen LogP contribution in [-0.4, -0.2) is 11.5 Å². The summed E-state index contributed by atoms with van der Waals surface area (Å²) < 4.78 is 0.